The van der Waals surface area contributed by atoms with Crippen molar-refractivity contribution in [2.75, 3.05) is 19.6 Å². The van der Waals surface area contributed by atoms with Crippen molar-refractivity contribution in [1.82, 2.24) is 4.57 Å². The Morgan fingerprint density at radius 1 is 0.290 bits per heavy atom. The van der Waals surface area contributed by atoms with Gasteiger partial charge in [0.15, 0.2) is 0 Å². The van der Waals surface area contributed by atoms with Crippen molar-refractivity contribution < 1.29 is 4.74 Å². The molecule has 14 aromatic carbocycles. The van der Waals surface area contributed by atoms with Crippen LogP contribution in [-0.2, 0) is 0 Å². The molecular weight excluding hydrogens is 1150 g/mol. The lowest BCUT2D eigenvalue weighted by Gasteiger charge is -2.44. The molecule has 0 amide bonds. The predicted octanol–water partition coefficient (Wildman–Crippen LogP) is 18.6. The number of benzene rings is 14. The molecule has 0 unspecified atom stereocenters. The first kappa shape index (κ1) is 53.2. The topological polar surface area (TPSA) is 27.1 Å². The van der Waals surface area contributed by atoms with Gasteiger partial charge in [-0.2, -0.15) is 0 Å². The van der Waals surface area contributed by atoms with Crippen molar-refractivity contribution in [3.8, 4) is 28.3 Å². The number of nitrogens with zero attached hydrogens (tertiary/aromatic N) is 5. The molecule has 0 spiro atoms. The summed E-state index contributed by atoms with van der Waals surface area (Å²) in [4.78, 5) is 12.3. The zero-order chi connectivity index (χ0) is 61.1. The molecule has 1 aromatic heterocycles. The zero-order valence-electron chi connectivity index (χ0n) is 50.5. The number of fused-ring (bicyclic) bond motifs is 11. The minimum Gasteiger partial charge on any atom is -0.458 e. The van der Waals surface area contributed by atoms with Crippen molar-refractivity contribution in [1.29, 1.82) is 0 Å². The van der Waals surface area contributed by atoms with Crippen LogP contribution in [0.4, 0.5) is 68.2 Å². The number of para-hydroxylation sites is 10. The van der Waals surface area contributed by atoms with Crippen molar-refractivity contribution in [2.24, 2.45) is 0 Å². The molecule has 9 heteroatoms. The Morgan fingerprint density at radius 2 is 0.796 bits per heavy atom. The monoisotopic (exact) mass is 1200 g/mol. The molecule has 0 fully saturated rings. The smallest absolute Gasteiger partial charge is 0.256 e. The summed E-state index contributed by atoms with van der Waals surface area (Å²) in [5, 5.41) is 2.41. The zero-order valence-corrected chi connectivity index (χ0v) is 51.3. The van der Waals surface area contributed by atoms with Gasteiger partial charge >= 0.3 is 0 Å². The number of aromatic nitrogens is 1. The molecule has 0 saturated carbocycles. The molecular formula is C84H55B2N5OS. The maximum Gasteiger partial charge on any atom is 0.256 e. The van der Waals surface area contributed by atoms with E-state index in [1.165, 1.54) is 42.4 Å². The second-order valence-corrected chi connectivity index (χ2v) is 25.4. The van der Waals surface area contributed by atoms with Gasteiger partial charge < -0.3 is 28.9 Å². The number of hydrogen-bond donors (Lipinski definition) is 0. The van der Waals surface area contributed by atoms with Crippen LogP contribution in [0.25, 0.3) is 38.6 Å². The van der Waals surface area contributed by atoms with Gasteiger partial charge in [-0.15, -0.1) is 0 Å². The third kappa shape index (κ3) is 8.40. The van der Waals surface area contributed by atoms with Crippen LogP contribution in [0.2, 0.25) is 0 Å². The Morgan fingerprint density at radius 3 is 1.46 bits per heavy atom. The lowest BCUT2D eigenvalue weighted by molar-refractivity contribution is 0.488. The van der Waals surface area contributed by atoms with Crippen LogP contribution < -0.4 is 57.1 Å². The average molecular weight is 1200 g/mol. The van der Waals surface area contributed by atoms with Gasteiger partial charge in [0.05, 0.1) is 22.4 Å². The summed E-state index contributed by atoms with van der Waals surface area (Å²) in [5.41, 5.74) is 25.8. The minimum absolute atomic E-state index is 0.135. The van der Waals surface area contributed by atoms with Gasteiger partial charge in [0, 0.05) is 106 Å². The quantitative estimate of drug-likeness (QED) is 0.127. The van der Waals surface area contributed by atoms with Crippen LogP contribution >= 0.6 is 11.8 Å². The summed E-state index contributed by atoms with van der Waals surface area (Å²) in [6.45, 7) is -0.319. The lowest BCUT2D eigenvalue weighted by Crippen LogP contribution is -2.63. The fraction of sp³-hybridized carbons (Fsp3) is 0. The number of anilines is 12. The Hall–Kier alpha value is -11.6. The van der Waals surface area contributed by atoms with E-state index >= 15 is 0 Å². The third-order valence-electron chi connectivity index (χ3n) is 19.2. The van der Waals surface area contributed by atoms with Crippen LogP contribution in [0, 0.1) is 0 Å². The van der Waals surface area contributed by atoms with Crippen LogP contribution in [0.5, 0.6) is 11.5 Å². The summed E-state index contributed by atoms with van der Waals surface area (Å²) in [7, 11) is 0. The van der Waals surface area contributed by atoms with Crippen molar-refractivity contribution >= 4 is 148 Å². The van der Waals surface area contributed by atoms with Gasteiger partial charge in [0.2, 0.25) is 6.71 Å². The van der Waals surface area contributed by atoms with Crippen molar-refractivity contribution in [2.45, 2.75) is 9.79 Å². The average Bonchev–Trinajstić information content (AvgIpc) is 1.24. The van der Waals surface area contributed by atoms with Gasteiger partial charge in [-0.3, -0.25) is 0 Å². The molecule has 5 heterocycles. The molecule has 6 nitrogen and oxygen atoms in total. The molecule has 19 rings (SSSR count). The van der Waals surface area contributed by atoms with Gasteiger partial charge in [0.1, 0.15) is 11.5 Å². The molecule has 0 saturated heterocycles. The summed E-state index contributed by atoms with van der Waals surface area (Å²) >= 11 is 1.88. The fourth-order valence-corrected chi connectivity index (χ4v) is 16.6. The van der Waals surface area contributed by atoms with Gasteiger partial charge in [0.25, 0.3) is 6.71 Å². The highest BCUT2D eigenvalue weighted by atomic mass is 32.2. The van der Waals surface area contributed by atoms with E-state index in [0.717, 1.165) is 119 Å². The van der Waals surface area contributed by atoms with E-state index in [9.17, 15) is 0 Å². The summed E-state index contributed by atoms with van der Waals surface area (Å²) in [6.07, 6.45) is 0. The first-order chi connectivity index (χ1) is 46.2. The third-order valence-corrected chi connectivity index (χ3v) is 20.3. The van der Waals surface area contributed by atoms with Gasteiger partial charge in [-0.1, -0.05) is 223 Å². The predicted molar refractivity (Wildman–Crippen MR) is 391 cm³/mol. The highest BCUT2D eigenvalue weighted by Gasteiger charge is 2.47. The Balaban J connectivity index is 0.908. The largest absolute Gasteiger partial charge is 0.458 e. The van der Waals surface area contributed by atoms with E-state index in [-0.39, 0.29) is 13.4 Å². The normalized spacial score (nSPS) is 12.9. The Bertz CT molecular complexity index is 5360. The molecule has 15 aromatic rings. The van der Waals surface area contributed by atoms with Crippen LogP contribution in [-0.4, -0.2) is 18.0 Å². The summed E-state index contributed by atoms with van der Waals surface area (Å²) in [5.74, 6) is 1.65. The minimum atomic E-state index is -0.184. The van der Waals surface area contributed by atoms with E-state index in [1.807, 2.05) is 11.8 Å². The fourth-order valence-electron chi connectivity index (χ4n) is 15.4. The van der Waals surface area contributed by atoms with E-state index in [2.05, 4.69) is 358 Å². The van der Waals surface area contributed by atoms with Crippen LogP contribution in [0.15, 0.2) is 343 Å². The van der Waals surface area contributed by atoms with E-state index < -0.39 is 0 Å². The molecule has 0 aliphatic carbocycles. The molecule has 4 aliphatic rings. The van der Waals surface area contributed by atoms with E-state index in [4.69, 9.17) is 4.74 Å². The molecule has 0 N–H and O–H groups in total. The highest BCUT2D eigenvalue weighted by Crippen LogP contribution is 2.52. The van der Waals surface area contributed by atoms with Gasteiger partial charge in [-0.05, 0) is 143 Å². The van der Waals surface area contributed by atoms with E-state index in [1.54, 1.807) is 0 Å². The second kappa shape index (κ2) is 21.5. The molecule has 0 atom stereocenters. The van der Waals surface area contributed by atoms with Crippen LogP contribution in [0.1, 0.15) is 0 Å². The molecule has 4 aliphatic heterocycles. The lowest BCUT2D eigenvalue weighted by atomic mass is 9.31. The van der Waals surface area contributed by atoms with Gasteiger partial charge in [-0.25, -0.2) is 0 Å². The highest BCUT2D eigenvalue weighted by molar-refractivity contribution is 8.00. The first-order valence-electron chi connectivity index (χ1n) is 31.9. The SMILES string of the molecule is c1ccc(N(c2ccccc2)c2cc3c4c(c2)N(c2ccccc2)c2ccccc2B4c2cc4c(cc2O3)N(c2ccccc2-c2cccc3c5ccccc5n(-c5ccccc5)c23)c2cc(N(c3ccccc3)c3ccccc3)cc3c2B4c2ccccc2S3)cc1. The second-order valence-electron chi connectivity index (χ2n) is 24.3. The maximum atomic E-state index is 7.85. The summed E-state index contributed by atoms with van der Waals surface area (Å²) < 4.78 is 10.3. The first-order valence-corrected chi connectivity index (χ1v) is 32.7. The standard InChI is InChI=1S/C84H55B2N5OS/c1-7-28-56(29-8-1)87(57-30-9-2-10-31-57)62-50-76-82-79(52-62)92-78-55-75-70(54-71(78)85(82)68-44-21-25-48-74(68)89(76)60-36-15-5-16-37-60)86-69-45-22-26-49-80(69)93-81-53-63(88(58-32-11-3-12-33-58)59-34-13-4-14-35-59)51-77(83(81)86)91(75)73-47-24-20-41-65(73)67-43-27-42-66-64-40-19-23-46-72(64)90(84(66)67)61-38-17-6-18-39-61/h1-55H. The molecule has 93 heavy (non-hydrogen) atoms. The summed E-state index contributed by atoms with van der Waals surface area (Å²) in [6, 6.07) is 122. The maximum absolute atomic E-state index is 7.85. The Kier molecular flexibility index (Phi) is 12.3. The van der Waals surface area contributed by atoms with Crippen molar-refractivity contribution in [3.05, 3.63) is 334 Å². The number of rotatable bonds is 10. The number of ether oxygens (including phenoxy) is 1. The number of hydrogen-bond acceptors (Lipinski definition) is 6. The molecule has 0 bridgehead atoms. The van der Waals surface area contributed by atoms with E-state index in [0.29, 0.717) is 0 Å². The molecule has 0 radical (unpaired) electrons. The molecule has 434 valence electrons. The Labute approximate surface area is 545 Å². The van der Waals surface area contributed by atoms with Crippen molar-refractivity contribution in [3.63, 3.8) is 0 Å². The van der Waals surface area contributed by atoms with Crippen LogP contribution in [0.3, 0.4) is 0 Å².